The Balaban J connectivity index is 4.06. The summed E-state index contributed by atoms with van der Waals surface area (Å²) in [6.07, 6.45) is 2.37. The van der Waals surface area contributed by atoms with E-state index >= 15 is 0 Å². The second kappa shape index (κ2) is 4.99. The summed E-state index contributed by atoms with van der Waals surface area (Å²) in [6.45, 7) is 1.64. The van der Waals surface area contributed by atoms with Crippen molar-refractivity contribution in [3.63, 3.8) is 0 Å². The molecule has 0 aromatic rings. The van der Waals surface area contributed by atoms with E-state index in [9.17, 15) is 4.79 Å². The molecule has 0 aliphatic heterocycles. The van der Waals surface area contributed by atoms with Gasteiger partial charge in [-0.05, 0) is 6.42 Å². The molecule has 0 aliphatic rings. The predicted molar refractivity (Wildman–Crippen MR) is 37.5 cm³/mol. The van der Waals surface area contributed by atoms with Gasteiger partial charge in [0.25, 0.3) is 0 Å². The third-order valence-electron chi connectivity index (χ3n) is 1.07. The maximum atomic E-state index is 10.7. The molecule has 3 nitrogen and oxygen atoms in total. The van der Waals surface area contributed by atoms with Crippen molar-refractivity contribution >= 4 is 5.97 Å². The summed E-state index contributed by atoms with van der Waals surface area (Å²) in [5.41, 5.74) is 0.324. The summed E-state index contributed by atoms with van der Waals surface area (Å²) >= 11 is 0. The fraction of sp³-hybridized carbons (Fsp3) is 0.571. The van der Waals surface area contributed by atoms with Crippen LogP contribution in [0.4, 0.5) is 0 Å². The van der Waals surface area contributed by atoms with Gasteiger partial charge in [-0.25, -0.2) is 4.79 Å². The summed E-state index contributed by atoms with van der Waals surface area (Å²) in [5, 5.41) is 8.59. The zero-order valence-electron chi connectivity index (χ0n) is 6.26. The number of aliphatic hydroxyl groups excluding tert-OH is 1. The Labute approximate surface area is 60.3 Å². The van der Waals surface area contributed by atoms with Gasteiger partial charge in [-0.1, -0.05) is 13.0 Å². The van der Waals surface area contributed by atoms with Crippen molar-refractivity contribution in [1.29, 1.82) is 0 Å². The van der Waals surface area contributed by atoms with Crippen LogP contribution in [0.3, 0.4) is 0 Å². The van der Waals surface area contributed by atoms with Crippen LogP contribution in [0.2, 0.25) is 0 Å². The fourth-order valence-corrected chi connectivity index (χ4v) is 0.590. The quantitative estimate of drug-likeness (QED) is 0.463. The SMILES string of the molecule is CC/C=C(\CO)C(=O)OC. The topological polar surface area (TPSA) is 46.5 Å². The normalized spacial score (nSPS) is 11.3. The van der Waals surface area contributed by atoms with Gasteiger partial charge >= 0.3 is 5.97 Å². The van der Waals surface area contributed by atoms with Gasteiger partial charge in [-0.2, -0.15) is 0 Å². The molecule has 3 heteroatoms. The molecule has 0 bridgehead atoms. The number of hydrogen-bond donors (Lipinski definition) is 1. The van der Waals surface area contributed by atoms with Crippen LogP contribution in [-0.4, -0.2) is 24.8 Å². The van der Waals surface area contributed by atoms with Crippen LogP contribution in [0.5, 0.6) is 0 Å². The van der Waals surface area contributed by atoms with E-state index in [2.05, 4.69) is 4.74 Å². The van der Waals surface area contributed by atoms with E-state index < -0.39 is 5.97 Å². The van der Waals surface area contributed by atoms with Gasteiger partial charge in [0.15, 0.2) is 0 Å². The molecule has 0 spiro atoms. The van der Waals surface area contributed by atoms with Crippen molar-refractivity contribution in [2.45, 2.75) is 13.3 Å². The van der Waals surface area contributed by atoms with Crippen LogP contribution in [0.1, 0.15) is 13.3 Å². The van der Waals surface area contributed by atoms with Crippen LogP contribution in [0, 0.1) is 0 Å². The van der Waals surface area contributed by atoms with Gasteiger partial charge in [-0.15, -0.1) is 0 Å². The molecule has 0 aromatic carbocycles. The smallest absolute Gasteiger partial charge is 0.335 e. The highest BCUT2D eigenvalue weighted by Crippen LogP contribution is 1.97. The van der Waals surface area contributed by atoms with E-state index in [4.69, 9.17) is 5.11 Å². The molecule has 0 saturated carbocycles. The third kappa shape index (κ3) is 2.64. The molecular weight excluding hydrogens is 132 g/mol. The Bertz CT molecular complexity index is 138. The van der Waals surface area contributed by atoms with Crippen LogP contribution < -0.4 is 0 Å². The van der Waals surface area contributed by atoms with Gasteiger partial charge in [0.1, 0.15) is 0 Å². The number of rotatable bonds is 3. The van der Waals surface area contributed by atoms with Crippen molar-refractivity contribution in [3.05, 3.63) is 11.6 Å². The first kappa shape index (κ1) is 9.17. The van der Waals surface area contributed by atoms with Gasteiger partial charge in [-0.3, -0.25) is 0 Å². The zero-order valence-corrected chi connectivity index (χ0v) is 6.26. The summed E-state index contributed by atoms with van der Waals surface area (Å²) in [6, 6.07) is 0. The lowest BCUT2D eigenvalue weighted by Gasteiger charge is -1.98. The number of methoxy groups -OCH3 is 1. The predicted octanol–water partition coefficient (Wildman–Crippen LogP) is 0.488. The summed E-state index contributed by atoms with van der Waals surface area (Å²) in [5.74, 6) is -0.454. The van der Waals surface area contributed by atoms with Crippen LogP contribution in [0.25, 0.3) is 0 Å². The molecule has 0 amide bonds. The van der Waals surface area contributed by atoms with Crippen molar-refractivity contribution < 1.29 is 14.6 Å². The highest BCUT2D eigenvalue weighted by molar-refractivity contribution is 5.88. The Kier molecular flexibility index (Phi) is 4.58. The maximum absolute atomic E-state index is 10.7. The number of aliphatic hydroxyl groups is 1. The van der Waals surface area contributed by atoms with E-state index in [-0.39, 0.29) is 6.61 Å². The van der Waals surface area contributed by atoms with E-state index in [1.54, 1.807) is 6.08 Å². The minimum Gasteiger partial charge on any atom is -0.466 e. The second-order valence-electron chi connectivity index (χ2n) is 1.79. The highest BCUT2D eigenvalue weighted by atomic mass is 16.5. The van der Waals surface area contributed by atoms with Gasteiger partial charge in [0, 0.05) is 0 Å². The van der Waals surface area contributed by atoms with E-state index in [0.717, 1.165) is 6.42 Å². The van der Waals surface area contributed by atoms with Crippen molar-refractivity contribution in [3.8, 4) is 0 Å². The largest absolute Gasteiger partial charge is 0.466 e. The van der Waals surface area contributed by atoms with E-state index in [1.165, 1.54) is 7.11 Å². The van der Waals surface area contributed by atoms with Crippen LogP contribution in [0.15, 0.2) is 11.6 Å². The molecule has 0 atom stereocenters. The summed E-state index contributed by atoms with van der Waals surface area (Å²) in [7, 11) is 1.29. The molecule has 1 N–H and O–H groups in total. The minimum absolute atomic E-state index is 0.249. The molecular formula is C7H12O3. The molecule has 0 rings (SSSR count). The molecule has 0 radical (unpaired) electrons. The lowest BCUT2D eigenvalue weighted by Crippen LogP contribution is -2.07. The van der Waals surface area contributed by atoms with E-state index in [0.29, 0.717) is 5.57 Å². The number of ether oxygens (including phenoxy) is 1. The average molecular weight is 144 g/mol. The fourth-order valence-electron chi connectivity index (χ4n) is 0.590. The van der Waals surface area contributed by atoms with Crippen molar-refractivity contribution in [1.82, 2.24) is 0 Å². The standard InChI is InChI=1S/C7H12O3/c1-3-4-6(5-8)7(9)10-2/h4,8H,3,5H2,1-2H3/b6-4+. The number of carbonyl (C=O) groups is 1. The van der Waals surface area contributed by atoms with Gasteiger partial charge < -0.3 is 9.84 Å². The Morgan fingerprint density at radius 3 is 2.60 bits per heavy atom. The van der Waals surface area contributed by atoms with Gasteiger partial charge in [0.2, 0.25) is 0 Å². The first-order valence-electron chi connectivity index (χ1n) is 3.14. The number of hydrogen-bond acceptors (Lipinski definition) is 3. The second-order valence-corrected chi connectivity index (χ2v) is 1.79. The highest BCUT2D eigenvalue weighted by Gasteiger charge is 2.05. The van der Waals surface area contributed by atoms with Crippen LogP contribution >= 0.6 is 0 Å². The minimum atomic E-state index is -0.454. The number of esters is 1. The Morgan fingerprint density at radius 1 is 1.70 bits per heavy atom. The van der Waals surface area contributed by atoms with E-state index in [1.807, 2.05) is 6.92 Å². The first-order valence-corrected chi connectivity index (χ1v) is 3.14. The molecule has 0 heterocycles. The lowest BCUT2D eigenvalue weighted by molar-refractivity contribution is -0.136. The first-order chi connectivity index (χ1) is 4.76. The molecule has 0 fully saturated rings. The average Bonchev–Trinajstić information content (AvgIpc) is 1.99. The molecule has 10 heavy (non-hydrogen) atoms. The van der Waals surface area contributed by atoms with Gasteiger partial charge in [0.05, 0.1) is 19.3 Å². The molecule has 0 unspecified atom stereocenters. The lowest BCUT2D eigenvalue weighted by atomic mass is 10.2. The summed E-state index contributed by atoms with van der Waals surface area (Å²) < 4.78 is 4.39. The Morgan fingerprint density at radius 2 is 2.30 bits per heavy atom. The number of carbonyl (C=O) groups excluding carboxylic acids is 1. The van der Waals surface area contributed by atoms with Crippen LogP contribution in [-0.2, 0) is 9.53 Å². The maximum Gasteiger partial charge on any atom is 0.335 e. The third-order valence-corrected chi connectivity index (χ3v) is 1.07. The molecule has 0 aromatic heterocycles. The molecule has 0 saturated heterocycles. The van der Waals surface area contributed by atoms with Crippen molar-refractivity contribution in [2.24, 2.45) is 0 Å². The molecule has 0 aliphatic carbocycles. The zero-order chi connectivity index (χ0) is 7.98. The monoisotopic (exact) mass is 144 g/mol. The van der Waals surface area contributed by atoms with Crippen molar-refractivity contribution in [2.75, 3.05) is 13.7 Å². The molecule has 58 valence electrons. The number of allylic oxidation sites excluding steroid dienone is 1. The Hall–Kier alpha value is -0.830. The summed E-state index contributed by atoms with van der Waals surface area (Å²) in [4.78, 5) is 10.7.